The molecule has 2 heteroatoms. The van der Waals surface area contributed by atoms with Crippen molar-refractivity contribution in [2.24, 2.45) is 11.7 Å². The molecule has 0 aromatic carbocycles. The van der Waals surface area contributed by atoms with E-state index >= 15 is 0 Å². The highest BCUT2D eigenvalue weighted by atomic mass is 32.2. The summed E-state index contributed by atoms with van der Waals surface area (Å²) in [6.45, 7) is 10.5. The van der Waals surface area contributed by atoms with E-state index in [1.165, 1.54) is 17.6 Å². The molecule has 0 spiro atoms. The summed E-state index contributed by atoms with van der Waals surface area (Å²) in [5.41, 5.74) is 8.58. The highest BCUT2D eigenvalue weighted by Crippen LogP contribution is 2.35. The number of hydrogen-bond donors (Lipinski definition) is 1. The van der Waals surface area contributed by atoms with E-state index in [0.717, 1.165) is 11.4 Å². The van der Waals surface area contributed by atoms with Gasteiger partial charge in [-0.2, -0.15) is 0 Å². The number of nitrogens with two attached hydrogens (primary N) is 1. The fraction of sp³-hybridized carbons (Fsp3) is 0.538. The standard InChI is InChI=1S/C13H21NS/c1-5-10(3)12-8-9(2)6-7-13(12)15-11(4)14/h6,8,10,13H,4-5,7,14H2,1-3H3. The first-order valence-electron chi connectivity index (χ1n) is 5.53. The summed E-state index contributed by atoms with van der Waals surface area (Å²) in [5.74, 6) is 0.644. The van der Waals surface area contributed by atoms with Crippen LogP contribution in [0.5, 0.6) is 0 Å². The maximum atomic E-state index is 5.68. The van der Waals surface area contributed by atoms with Crippen LogP contribution >= 0.6 is 11.8 Å². The van der Waals surface area contributed by atoms with Crippen LogP contribution < -0.4 is 5.73 Å². The van der Waals surface area contributed by atoms with Crippen LogP contribution in [0.3, 0.4) is 0 Å². The summed E-state index contributed by atoms with van der Waals surface area (Å²) in [5, 5.41) is 1.23. The fourth-order valence-electron chi connectivity index (χ4n) is 1.84. The van der Waals surface area contributed by atoms with Crippen molar-refractivity contribution in [1.29, 1.82) is 0 Å². The Hall–Kier alpha value is -0.630. The first-order valence-corrected chi connectivity index (χ1v) is 6.41. The maximum absolute atomic E-state index is 5.68. The van der Waals surface area contributed by atoms with E-state index in [4.69, 9.17) is 5.73 Å². The number of hydrogen-bond acceptors (Lipinski definition) is 2. The van der Waals surface area contributed by atoms with Crippen LogP contribution in [0.4, 0.5) is 0 Å². The Morgan fingerprint density at radius 2 is 2.40 bits per heavy atom. The van der Waals surface area contributed by atoms with Gasteiger partial charge in [0.05, 0.1) is 5.03 Å². The minimum absolute atomic E-state index is 0.501. The molecule has 0 aliphatic heterocycles. The smallest absolute Gasteiger partial charge is 0.0587 e. The Balaban J connectivity index is 2.81. The summed E-state index contributed by atoms with van der Waals surface area (Å²) in [6, 6.07) is 0. The number of rotatable bonds is 4. The third kappa shape index (κ3) is 3.45. The number of allylic oxidation sites excluding steroid dienone is 3. The van der Waals surface area contributed by atoms with Crippen LogP contribution in [0, 0.1) is 5.92 Å². The molecule has 0 amide bonds. The predicted molar refractivity (Wildman–Crippen MR) is 70.6 cm³/mol. The van der Waals surface area contributed by atoms with Gasteiger partial charge in [-0.15, -0.1) is 11.8 Å². The average Bonchev–Trinajstić information content (AvgIpc) is 2.19. The van der Waals surface area contributed by atoms with E-state index in [1.807, 2.05) is 0 Å². The highest BCUT2D eigenvalue weighted by Gasteiger charge is 2.21. The van der Waals surface area contributed by atoms with Crippen LogP contribution in [0.1, 0.15) is 33.6 Å². The van der Waals surface area contributed by atoms with E-state index in [-0.39, 0.29) is 0 Å². The van der Waals surface area contributed by atoms with Crippen molar-refractivity contribution in [2.75, 3.05) is 0 Å². The lowest BCUT2D eigenvalue weighted by Gasteiger charge is -2.26. The SMILES string of the molecule is C=C(N)SC1CC=C(C)C=C1C(C)CC. The third-order valence-electron chi connectivity index (χ3n) is 2.90. The molecule has 84 valence electrons. The van der Waals surface area contributed by atoms with Crippen LogP contribution in [-0.4, -0.2) is 5.25 Å². The molecule has 0 fully saturated rings. The van der Waals surface area contributed by atoms with E-state index in [9.17, 15) is 0 Å². The fourth-order valence-corrected chi connectivity index (χ4v) is 2.83. The summed E-state index contributed by atoms with van der Waals surface area (Å²) >= 11 is 1.70. The zero-order chi connectivity index (χ0) is 11.4. The first kappa shape index (κ1) is 12.4. The maximum Gasteiger partial charge on any atom is 0.0587 e. The molecule has 2 unspecified atom stereocenters. The summed E-state index contributed by atoms with van der Waals surface area (Å²) in [4.78, 5) is 0. The second-order valence-corrected chi connectivity index (χ2v) is 5.54. The minimum Gasteiger partial charge on any atom is -0.394 e. The molecular weight excluding hydrogens is 202 g/mol. The van der Waals surface area contributed by atoms with E-state index in [2.05, 4.69) is 39.5 Å². The monoisotopic (exact) mass is 223 g/mol. The molecule has 0 heterocycles. The zero-order valence-corrected chi connectivity index (χ0v) is 10.7. The largest absolute Gasteiger partial charge is 0.394 e. The minimum atomic E-state index is 0.501. The van der Waals surface area contributed by atoms with Crippen molar-refractivity contribution in [1.82, 2.24) is 0 Å². The van der Waals surface area contributed by atoms with Crippen molar-refractivity contribution < 1.29 is 0 Å². The molecule has 0 saturated heterocycles. The van der Waals surface area contributed by atoms with Gasteiger partial charge in [0.2, 0.25) is 0 Å². The zero-order valence-electron chi connectivity index (χ0n) is 9.92. The van der Waals surface area contributed by atoms with Crippen molar-refractivity contribution in [3.8, 4) is 0 Å². The molecule has 1 aliphatic carbocycles. The quantitative estimate of drug-likeness (QED) is 0.783. The Morgan fingerprint density at radius 3 is 2.93 bits per heavy atom. The van der Waals surface area contributed by atoms with Crippen molar-refractivity contribution in [3.63, 3.8) is 0 Å². The van der Waals surface area contributed by atoms with Crippen LogP contribution in [0.2, 0.25) is 0 Å². The second-order valence-electron chi connectivity index (χ2n) is 4.21. The first-order chi connectivity index (χ1) is 7.04. The molecule has 15 heavy (non-hydrogen) atoms. The van der Waals surface area contributed by atoms with Gasteiger partial charge in [-0.25, -0.2) is 0 Å². The van der Waals surface area contributed by atoms with E-state index < -0.39 is 0 Å². The topological polar surface area (TPSA) is 26.0 Å². The van der Waals surface area contributed by atoms with E-state index in [0.29, 0.717) is 11.2 Å². The predicted octanol–water partition coefficient (Wildman–Crippen LogP) is 3.84. The van der Waals surface area contributed by atoms with Crippen LogP contribution in [0.15, 0.2) is 34.9 Å². The van der Waals surface area contributed by atoms with Gasteiger partial charge in [0.1, 0.15) is 0 Å². The number of thioether (sulfide) groups is 1. The molecule has 2 atom stereocenters. The van der Waals surface area contributed by atoms with Gasteiger partial charge in [0.25, 0.3) is 0 Å². The van der Waals surface area contributed by atoms with Gasteiger partial charge in [0, 0.05) is 5.25 Å². The van der Waals surface area contributed by atoms with Gasteiger partial charge in [-0.1, -0.05) is 43.7 Å². The Bertz CT molecular complexity index is 302. The average molecular weight is 223 g/mol. The van der Waals surface area contributed by atoms with Gasteiger partial charge >= 0.3 is 0 Å². The molecular formula is C13H21NS. The van der Waals surface area contributed by atoms with Crippen molar-refractivity contribution in [3.05, 3.63) is 34.9 Å². The second kappa shape index (κ2) is 5.45. The van der Waals surface area contributed by atoms with Crippen molar-refractivity contribution in [2.45, 2.75) is 38.9 Å². The molecule has 1 nitrogen and oxygen atoms in total. The van der Waals surface area contributed by atoms with Gasteiger partial charge in [0.15, 0.2) is 0 Å². The summed E-state index contributed by atoms with van der Waals surface area (Å²) in [7, 11) is 0. The normalized spacial score (nSPS) is 23.0. The van der Waals surface area contributed by atoms with Gasteiger partial charge in [-0.3, -0.25) is 0 Å². The molecule has 0 radical (unpaired) electrons. The summed E-state index contributed by atoms with van der Waals surface area (Å²) < 4.78 is 0. The van der Waals surface area contributed by atoms with Crippen LogP contribution in [0.25, 0.3) is 0 Å². The molecule has 0 bridgehead atoms. The van der Waals surface area contributed by atoms with Crippen LogP contribution in [-0.2, 0) is 0 Å². The third-order valence-corrected chi connectivity index (χ3v) is 3.95. The summed E-state index contributed by atoms with van der Waals surface area (Å²) in [6.07, 6.45) is 6.88. The molecule has 0 aromatic heterocycles. The van der Waals surface area contributed by atoms with Gasteiger partial charge in [-0.05, 0) is 25.7 Å². The molecule has 0 saturated carbocycles. The lowest BCUT2D eigenvalue weighted by Crippen LogP contribution is -2.16. The Kier molecular flexibility index (Phi) is 4.52. The van der Waals surface area contributed by atoms with Gasteiger partial charge < -0.3 is 5.73 Å². The van der Waals surface area contributed by atoms with Crippen molar-refractivity contribution >= 4 is 11.8 Å². The highest BCUT2D eigenvalue weighted by molar-refractivity contribution is 8.03. The molecule has 0 aromatic rings. The Morgan fingerprint density at radius 1 is 1.73 bits per heavy atom. The lowest BCUT2D eigenvalue weighted by molar-refractivity contribution is 0.625. The molecule has 1 aliphatic rings. The molecule has 2 N–H and O–H groups in total. The molecule has 1 rings (SSSR count). The Labute approximate surface area is 97.5 Å². The van der Waals surface area contributed by atoms with E-state index in [1.54, 1.807) is 11.8 Å². The lowest BCUT2D eigenvalue weighted by atomic mass is 9.89.